The van der Waals surface area contributed by atoms with Crippen LogP contribution in [0.2, 0.25) is 0 Å². The average Bonchev–Trinajstić information content (AvgIpc) is 3.01. The van der Waals surface area contributed by atoms with Gasteiger partial charge in [0.2, 0.25) is 0 Å². The molecular weight excluding hydrogens is 260 g/mol. The van der Waals surface area contributed by atoms with Crippen molar-refractivity contribution in [2.24, 2.45) is 5.92 Å². The number of aliphatic carboxylic acids is 1. The van der Waals surface area contributed by atoms with E-state index >= 15 is 0 Å². The number of likely N-dealkylation sites (tertiary alicyclic amines) is 2. The number of hydrogen-bond donors (Lipinski definition) is 2. The van der Waals surface area contributed by atoms with Crippen molar-refractivity contribution in [2.75, 3.05) is 13.1 Å². The van der Waals surface area contributed by atoms with Gasteiger partial charge in [0.25, 0.3) is 0 Å². The van der Waals surface area contributed by atoms with Crippen LogP contribution in [0.15, 0.2) is 0 Å². The Balaban J connectivity index is 1.80. The number of carboxylic acids is 1. The fourth-order valence-electron chi connectivity index (χ4n) is 4.03. The molecule has 3 aliphatic rings. The molecule has 0 aromatic heterocycles. The molecule has 2 amide bonds. The van der Waals surface area contributed by atoms with Crippen LogP contribution in [0.25, 0.3) is 0 Å². The van der Waals surface area contributed by atoms with E-state index in [4.69, 9.17) is 0 Å². The van der Waals surface area contributed by atoms with Crippen LogP contribution in [0.3, 0.4) is 0 Å². The first-order valence-corrected chi connectivity index (χ1v) is 7.56. The topological polar surface area (TPSA) is 81.1 Å². The SMILES string of the molecule is O=C(O)C1CC2CCCCC2N1C(=O)N1CCC(O)C1. The van der Waals surface area contributed by atoms with E-state index in [1.807, 2.05) is 0 Å². The molecule has 0 bridgehead atoms. The van der Waals surface area contributed by atoms with Gasteiger partial charge in [0.05, 0.1) is 6.10 Å². The highest BCUT2D eigenvalue weighted by molar-refractivity contribution is 5.84. The summed E-state index contributed by atoms with van der Waals surface area (Å²) >= 11 is 0. The quantitative estimate of drug-likeness (QED) is 0.748. The number of hydrogen-bond acceptors (Lipinski definition) is 3. The first-order valence-electron chi connectivity index (χ1n) is 7.56. The largest absolute Gasteiger partial charge is 0.480 e. The Labute approximate surface area is 118 Å². The fraction of sp³-hybridized carbons (Fsp3) is 0.857. The summed E-state index contributed by atoms with van der Waals surface area (Å²) in [6.45, 7) is 0.860. The Hall–Kier alpha value is -1.30. The lowest BCUT2D eigenvalue weighted by Gasteiger charge is -2.35. The summed E-state index contributed by atoms with van der Waals surface area (Å²) in [5.74, 6) is -0.561. The van der Waals surface area contributed by atoms with Crippen molar-refractivity contribution >= 4 is 12.0 Å². The van der Waals surface area contributed by atoms with E-state index in [0.717, 1.165) is 25.7 Å². The van der Waals surface area contributed by atoms with Gasteiger partial charge in [-0.2, -0.15) is 0 Å². The van der Waals surface area contributed by atoms with Gasteiger partial charge in [0, 0.05) is 19.1 Å². The number of aliphatic hydroxyl groups is 1. The molecule has 1 saturated carbocycles. The number of nitrogens with zero attached hydrogens (tertiary/aromatic N) is 2. The Kier molecular flexibility index (Phi) is 3.58. The molecular formula is C14H22N2O4. The van der Waals surface area contributed by atoms with Crippen molar-refractivity contribution in [2.45, 2.75) is 56.7 Å². The van der Waals surface area contributed by atoms with E-state index in [1.165, 1.54) is 0 Å². The molecule has 3 fully saturated rings. The van der Waals surface area contributed by atoms with Crippen LogP contribution >= 0.6 is 0 Å². The number of carbonyl (C=O) groups is 2. The van der Waals surface area contributed by atoms with Crippen LogP contribution < -0.4 is 0 Å². The Morgan fingerprint density at radius 2 is 1.85 bits per heavy atom. The van der Waals surface area contributed by atoms with Crippen LogP contribution in [0.1, 0.15) is 38.5 Å². The van der Waals surface area contributed by atoms with Crippen molar-refractivity contribution in [1.82, 2.24) is 9.80 Å². The maximum Gasteiger partial charge on any atom is 0.326 e. The second-order valence-electron chi connectivity index (χ2n) is 6.28. The lowest BCUT2D eigenvalue weighted by molar-refractivity contribution is -0.141. The molecule has 2 N–H and O–H groups in total. The van der Waals surface area contributed by atoms with E-state index < -0.39 is 18.1 Å². The molecule has 0 aromatic rings. The molecule has 4 unspecified atom stereocenters. The predicted octanol–water partition coefficient (Wildman–Crippen LogP) is 0.891. The molecule has 2 aliphatic heterocycles. The lowest BCUT2D eigenvalue weighted by atomic mass is 9.85. The summed E-state index contributed by atoms with van der Waals surface area (Å²) in [4.78, 5) is 27.3. The summed E-state index contributed by atoms with van der Waals surface area (Å²) in [5, 5.41) is 19.0. The zero-order valence-corrected chi connectivity index (χ0v) is 11.6. The van der Waals surface area contributed by atoms with Crippen molar-refractivity contribution in [3.8, 4) is 0 Å². The van der Waals surface area contributed by atoms with Gasteiger partial charge in [0.1, 0.15) is 6.04 Å². The Morgan fingerprint density at radius 1 is 1.10 bits per heavy atom. The van der Waals surface area contributed by atoms with Crippen LogP contribution in [-0.4, -0.2) is 63.3 Å². The zero-order chi connectivity index (χ0) is 14.3. The molecule has 20 heavy (non-hydrogen) atoms. The first kappa shape index (κ1) is 13.7. The number of fused-ring (bicyclic) bond motifs is 1. The van der Waals surface area contributed by atoms with E-state index in [0.29, 0.717) is 31.8 Å². The van der Waals surface area contributed by atoms with E-state index in [9.17, 15) is 19.8 Å². The number of carbonyl (C=O) groups excluding carboxylic acids is 1. The predicted molar refractivity (Wildman–Crippen MR) is 71.2 cm³/mol. The van der Waals surface area contributed by atoms with E-state index in [1.54, 1.807) is 9.80 Å². The van der Waals surface area contributed by atoms with Crippen LogP contribution in [0.5, 0.6) is 0 Å². The molecule has 2 saturated heterocycles. The molecule has 1 aliphatic carbocycles. The van der Waals surface area contributed by atoms with Gasteiger partial charge in [-0.3, -0.25) is 0 Å². The minimum Gasteiger partial charge on any atom is -0.480 e. The number of aliphatic hydroxyl groups excluding tert-OH is 1. The molecule has 112 valence electrons. The van der Waals surface area contributed by atoms with Crippen LogP contribution in [0.4, 0.5) is 4.79 Å². The highest BCUT2D eigenvalue weighted by Crippen LogP contribution is 2.40. The van der Waals surface area contributed by atoms with Crippen molar-refractivity contribution in [1.29, 1.82) is 0 Å². The second-order valence-corrected chi connectivity index (χ2v) is 6.28. The highest BCUT2D eigenvalue weighted by Gasteiger charge is 2.49. The molecule has 0 aromatic carbocycles. The average molecular weight is 282 g/mol. The van der Waals surface area contributed by atoms with Gasteiger partial charge >= 0.3 is 12.0 Å². The van der Waals surface area contributed by atoms with Gasteiger partial charge in [0.15, 0.2) is 0 Å². The smallest absolute Gasteiger partial charge is 0.326 e. The fourth-order valence-corrected chi connectivity index (χ4v) is 4.03. The van der Waals surface area contributed by atoms with Gasteiger partial charge in [-0.25, -0.2) is 9.59 Å². The molecule has 0 radical (unpaired) electrons. The van der Waals surface area contributed by atoms with Crippen molar-refractivity contribution in [3.63, 3.8) is 0 Å². The minimum atomic E-state index is -0.896. The zero-order valence-electron chi connectivity index (χ0n) is 11.6. The molecule has 3 rings (SSSR count). The molecule has 6 heteroatoms. The third kappa shape index (κ3) is 2.26. The number of urea groups is 1. The molecule has 2 heterocycles. The molecule has 6 nitrogen and oxygen atoms in total. The molecule has 4 atom stereocenters. The number of carboxylic acid groups (broad SMARTS) is 1. The number of β-amino-alcohol motifs (C(OH)–C–C–N with tert-alkyl or cyclic N) is 1. The summed E-state index contributed by atoms with van der Waals surface area (Å²) in [5.41, 5.74) is 0. The van der Waals surface area contributed by atoms with E-state index in [2.05, 4.69) is 0 Å². The van der Waals surface area contributed by atoms with Gasteiger partial charge in [-0.15, -0.1) is 0 Å². The number of amides is 2. The van der Waals surface area contributed by atoms with Gasteiger partial charge in [-0.1, -0.05) is 12.8 Å². The van der Waals surface area contributed by atoms with E-state index in [-0.39, 0.29) is 12.1 Å². The van der Waals surface area contributed by atoms with Gasteiger partial charge < -0.3 is 20.0 Å². The third-order valence-electron chi connectivity index (χ3n) is 5.03. The normalized spacial score (nSPS) is 37.0. The minimum absolute atomic E-state index is 0.0788. The Bertz CT molecular complexity index is 414. The number of rotatable bonds is 1. The van der Waals surface area contributed by atoms with Gasteiger partial charge in [-0.05, 0) is 31.6 Å². The third-order valence-corrected chi connectivity index (χ3v) is 5.03. The van der Waals surface area contributed by atoms with Crippen LogP contribution in [-0.2, 0) is 4.79 Å². The summed E-state index contributed by atoms with van der Waals surface area (Å²) < 4.78 is 0. The molecule has 0 spiro atoms. The maximum atomic E-state index is 12.6. The first-order chi connectivity index (χ1) is 9.58. The highest BCUT2D eigenvalue weighted by atomic mass is 16.4. The van der Waals surface area contributed by atoms with Crippen molar-refractivity contribution < 1.29 is 19.8 Å². The monoisotopic (exact) mass is 282 g/mol. The lowest BCUT2D eigenvalue weighted by Crippen LogP contribution is -2.51. The summed E-state index contributed by atoms with van der Waals surface area (Å²) in [6, 6.07) is -0.799. The van der Waals surface area contributed by atoms with Crippen LogP contribution in [0, 0.1) is 5.92 Å². The standard InChI is InChI=1S/C14H22N2O4/c17-10-5-6-15(8-10)14(20)16-11-4-2-1-3-9(11)7-12(16)13(18)19/h9-12,17H,1-8H2,(H,18,19). The summed E-state index contributed by atoms with van der Waals surface area (Å²) in [7, 11) is 0. The second kappa shape index (κ2) is 5.24. The van der Waals surface area contributed by atoms with Crippen molar-refractivity contribution in [3.05, 3.63) is 0 Å². The summed E-state index contributed by atoms with van der Waals surface area (Å²) in [6.07, 6.45) is 4.86. The Morgan fingerprint density at radius 3 is 2.50 bits per heavy atom. The maximum absolute atomic E-state index is 12.6.